The SMILES string of the molecule is COCCC(C)(C)Cn1c(=S)[nH]c2cc(C)ccc21. The van der Waals surface area contributed by atoms with Crippen molar-refractivity contribution in [2.45, 2.75) is 33.7 Å². The van der Waals surface area contributed by atoms with Gasteiger partial charge in [-0.15, -0.1) is 0 Å². The predicted octanol–water partition coefficient (Wildman–Crippen LogP) is 4.07. The number of H-pyrrole nitrogens is 1. The Bertz CT molecular complexity index is 625. The van der Waals surface area contributed by atoms with E-state index in [1.165, 1.54) is 11.1 Å². The van der Waals surface area contributed by atoms with Crippen molar-refractivity contribution in [3.05, 3.63) is 28.5 Å². The largest absolute Gasteiger partial charge is 0.385 e. The van der Waals surface area contributed by atoms with Gasteiger partial charge in [0.05, 0.1) is 11.0 Å². The van der Waals surface area contributed by atoms with Crippen molar-refractivity contribution < 1.29 is 4.74 Å². The van der Waals surface area contributed by atoms with Gasteiger partial charge in [-0.2, -0.15) is 0 Å². The van der Waals surface area contributed by atoms with Crippen molar-refractivity contribution in [1.29, 1.82) is 0 Å². The summed E-state index contributed by atoms with van der Waals surface area (Å²) < 4.78 is 8.18. The van der Waals surface area contributed by atoms with Crippen LogP contribution in [0, 0.1) is 17.1 Å². The Hall–Kier alpha value is -1.13. The molecular weight excluding hydrogens is 256 g/mol. The van der Waals surface area contributed by atoms with Crippen LogP contribution in [0.4, 0.5) is 0 Å². The summed E-state index contributed by atoms with van der Waals surface area (Å²) in [4.78, 5) is 3.29. The number of aromatic amines is 1. The standard InChI is InChI=1S/C15H22N2OS/c1-11-5-6-13-12(9-11)16-14(19)17(13)10-15(2,3)7-8-18-4/h5-6,9H,7-8,10H2,1-4H3,(H,16,19). The van der Waals surface area contributed by atoms with Gasteiger partial charge in [0.25, 0.3) is 0 Å². The molecular formula is C15H22N2OS. The molecule has 4 heteroatoms. The number of ether oxygens (including phenoxy) is 1. The third-order valence-electron chi connectivity index (χ3n) is 3.50. The molecule has 0 aliphatic rings. The number of hydrogen-bond donors (Lipinski definition) is 1. The molecule has 2 rings (SSSR count). The van der Waals surface area contributed by atoms with Gasteiger partial charge in [0.1, 0.15) is 0 Å². The molecule has 104 valence electrons. The van der Waals surface area contributed by atoms with Crippen LogP contribution < -0.4 is 0 Å². The number of nitrogens with zero attached hydrogens (tertiary/aromatic N) is 1. The number of methoxy groups -OCH3 is 1. The van der Waals surface area contributed by atoms with Crippen LogP contribution in [-0.4, -0.2) is 23.3 Å². The zero-order valence-electron chi connectivity index (χ0n) is 12.1. The highest BCUT2D eigenvalue weighted by Crippen LogP contribution is 2.26. The molecule has 3 nitrogen and oxygen atoms in total. The molecule has 0 radical (unpaired) electrons. The van der Waals surface area contributed by atoms with E-state index in [4.69, 9.17) is 17.0 Å². The van der Waals surface area contributed by atoms with Crippen molar-refractivity contribution in [1.82, 2.24) is 9.55 Å². The quantitative estimate of drug-likeness (QED) is 0.836. The second-order valence-corrected chi connectivity index (χ2v) is 6.33. The first-order valence-corrected chi connectivity index (χ1v) is 7.02. The molecule has 0 atom stereocenters. The molecule has 1 heterocycles. The van der Waals surface area contributed by atoms with Crippen molar-refractivity contribution in [3.8, 4) is 0 Å². The van der Waals surface area contributed by atoms with E-state index in [2.05, 4.69) is 48.5 Å². The van der Waals surface area contributed by atoms with Crippen LogP contribution in [0.1, 0.15) is 25.8 Å². The van der Waals surface area contributed by atoms with Crippen LogP contribution in [0.5, 0.6) is 0 Å². The van der Waals surface area contributed by atoms with E-state index in [0.29, 0.717) is 0 Å². The minimum Gasteiger partial charge on any atom is -0.385 e. The van der Waals surface area contributed by atoms with E-state index in [1.54, 1.807) is 7.11 Å². The van der Waals surface area contributed by atoms with Gasteiger partial charge in [-0.1, -0.05) is 19.9 Å². The topological polar surface area (TPSA) is 29.9 Å². The van der Waals surface area contributed by atoms with Crippen LogP contribution in [0.3, 0.4) is 0 Å². The number of aryl methyl sites for hydroxylation is 1. The van der Waals surface area contributed by atoms with Crippen molar-refractivity contribution in [2.75, 3.05) is 13.7 Å². The third-order valence-corrected chi connectivity index (χ3v) is 3.82. The average Bonchev–Trinajstić information content (AvgIpc) is 2.62. The van der Waals surface area contributed by atoms with E-state index in [1.807, 2.05) is 0 Å². The van der Waals surface area contributed by atoms with Gasteiger partial charge in [-0.05, 0) is 48.7 Å². The van der Waals surface area contributed by atoms with Crippen LogP contribution in [0.15, 0.2) is 18.2 Å². The average molecular weight is 278 g/mol. The summed E-state index contributed by atoms with van der Waals surface area (Å²) in [5.41, 5.74) is 3.71. The number of rotatable bonds is 5. The Morgan fingerprint density at radius 3 is 2.79 bits per heavy atom. The summed E-state index contributed by atoms with van der Waals surface area (Å²) in [7, 11) is 1.75. The van der Waals surface area contributed by atoms with Crippen LogP contribution in [-0.2, 0) is 11.3 Å². The molecule has 1 aromatic carbocycles. The first kappa shape index (κ1) is 14.3. The molecule has 1 aromatic heterocycles. The smallest absolute Gasteiger partial charge is 0.178 e. The number of aromatic nitrogens is 2. The fourth-order valence-electron chi connectivity index (χ4n) is 2.32. The zero-order valence-corrected chi connectivity index (χ0v) is 12.9. The predicted molar refractivity (Wildman–Crippen MR) is 82.1 cm³/mol. The Morgan fingerprint density at radius 2 is 2.11 bits per heavy atom. The van der Waals surface area contributed by atoms with Gasteiger partial charge in [0, 0.05) is 20.3 Å². The number of hydrogen-bond acceptors (Lipinski definition) is 2. The molecule has 0 aliphatic carbocycles. The summed E-state index contributed by atoms with van der Waals surface area (Å²) in [5.74, 6) is 0. The van der Waals surface area contributed by atoms with E-state index in [-0.39, 0.29) is 5.41 Å². The summed E-state index contributed by atoms with van der Waals surface area (Å²) in [6.45, 7) is 8.28. The maximum absolute atomic E-state index is 5.45. The molecule has 2 aromatic rings. The fraction of sp³-hybridized carbons (Fsp3) is 0.533. The highest BCUT2D eigenvalue weighted by molar-refractivity contribution is 7.71. The molecule has 1 N–H and O–H groups in total. The Morgan fingerprint density at radius 1 is 1.37 bits per heavy atom. The molecule has 0 aliphatic heterocycles. The number of benzene rings is 1. The van der Waals surface area contributed by atoms with Gasteiger partial charge in [0.2, 0.25) is 0 Å². The van der Waals surface area contributed by atoms with Gasteiger partial charge in [0.15, 0.2) is 4.77 Å². The molecule has 0 saturated carbocycles. The second kappa shape index (κ2) is 5.47. The lowest BCUT2D eigenvalue weighted by Crippen LogP contribution is -2.21. The Balaban J connectivity index is 2.35. The lowest BCUT2D eigenvalue weighted by molar-refractivity contribution is 0.143. The Kier molecular flexibility index (Phi) is 4.11. The van der Waals surface area contributed by atoms with Crippen molar-refractivity contribution >= 4 is 23.3 Å². The molecule has 0 bridgehead atoms. The molecule has 0 amide bonds. The fourth-order valence-corrected chi connectivity index (χ4v) is 2.59. The van der Waals surface area contributed by atoms with Crippen LogP contribution in [0.25, 0.3) is 11.0 Å². The molecule has 0 saturated heterocycles. The van der Waals surface area contributed by atoms with E-state index in [9.17, 15) is 0 Å². The summed E-state index contributed by atoms with van der Waals surface area (Å²) in [5, 5.41) is 0. The van der Waals surface area contributed by atoms with Gasteiger partial charge >= 0.3 is 0 Å². The number of imidazole rings is 1. The first-order valence-electron chi connectivity index (χ1n) is 6.61. The highest BCUT2D eigenvalue weighted by atomic mass is 32.1. The normalized spacial score (nSPS) is 12.2. The van der Waals surface area contributed by atoms with Gasteiger partial charge < -0.3 is 14.3 Å². The van der Waals surface area contributed by atoms with Crippen LogP contribution in [0.2, 0.25) is 0 Å². The highest BCUT2D eigenvalue weighted by Gasteiger charge is 2.20. The number of fused-ring (bicyclic) bond motifs is 1. The minimum atomic E-state index is 0.161. The van der Waals surface area contributed by atoms with Gasteiger partial charge in [-0.3, -0.25) is 0 Å². The summed E-state index contributed by atoms with van der Waals surface area (Å²) in [6, 6.07) is 6.41. The molecule has 0 fully saturated rings. The molecule has 0 spiro atoms. The van der Waals surface area contributed by atoms with Gasteiger partial charge in [-0.25, -0.2) is 0 Å². The van der Waals surface area contributed by atoms with Crippen molar-refractivity contribution in [2.24, 2.45) is 5.41 Å². The Labute approximate surface area is 119 Å². The summed E-state index contributed by atoms with van der Waals surface area (Å²) >= 11 is 5.45. The zero-order chi connectivity index (χ0) is 14.0. The third kappa shape index (κ3) is 3.25. The maximum atomic E-state index is 5.45. The second-order valence-electron chi connectivity index (χ2n) is 5.94. The van der Waals surface area contributed by atoms with E-state index in [0.717, 1.165) is 29.9 Å². The lowest BCUT2D eigenvalue weighted by atomic mass is 9.89. The van der Waals surface area contributed by atoms with Crippen molar-refractivity contribution in [3.63, 3.8) is 0 Å². The first-order chi connectivity index (χ1) is 8.93. The summed E-state index contributed by atoms with van der Waals surface area (Å²) in [6.07, 6.45) is 1.02. The van der Waals surface area contributed by atoms with E-state index >= 15 is 0 Å². The lowest BCUT2D eigenvalue weighted by Gasteiger charge is -2.25. The monoisotopic (exact) mass is 278 g/mol. The molecule has 0 unspecified atom stereocenters. The maximum Gasteiger partial charge on any atom is 0.178 e. The number of nitrogens with one attached hydrogen (secondary N) is 1. The molecule has 19 heavy (non-hydrogen) atoms. The minimum absolute atomic E-state index is 0.161. The van der Waals surface area contributed by atoms with Crippen LogP contribution >= 0.6 is 12.2 Å². The van der Waals surface area contributed by atoms with E-state index < -0.39 is 0 Å².